The predicted octanol–water partition coefficient (Wildman–Crippen LogP) is 2.02. The molecule has 0 radical (unpaired) electrons. The van der Waals surface area contributed by atoms with Crippen LogP contribution in [-0.2, 0) is 17.8 Å². The quantitative estimate of drug-likeness (QED) is 0.562. The van der Waals surface area contributed by atoms with Crippen molar-refractivity contribution in [1.29, 1.82) is 0 Å². The molecule has 2 nitrogen and oxygen atoms in total. The van der Waals surface area contributed by atoms with Gasteiger partial charge in [0.1, 0.15) is 6.61 Å². The molecule has 0 saturated carbocycles. The Bertz CT molecular complexity index is 407. The highest BCUT2D eigenvalue weighted by molar-refractivity contribution is 5.94. The average Bonchev–Trinajstić information content (AvgIpc) is 2.46. The summed E-state index contributed by atoms with van der Waals surface area (Å²) in [5.41, 5.74) is 4.68. The SMILES string of the molecule is C[C@@H]1Cc2c1ccc1c2COC1=O. The van der Waals surface area contributed by atoms with E-state index in [9.17, 15) is 4.79 Å². The molecule has 1 aliphatic heterocycles. The number of fused-ring (bicyclic) bond motifs is 3. The van der Waals surface area contributed by atoms with E-state index in [1.165, 1.54) is 11.1 Å². The van der Waals surface area contributed by atoms with E-state index in [1.54, 1.807) is 0 Å². The minimum atomic E-state index is -0.155. The number of benzene rings is 1. The van der Waals surface area contributed by atoms with Crippen LogP contribution in [0.5, 0.6) is 0 Å². The molecule has 0 bridgehead atoms. The lowest BCUT2D eigenvalue weighted by Crippen LogP contribution is -2.16. The van der Waals surface area contributed by atoms with Crippen molar-refractivity contribution in [3.63, 3.8) is 0 Å². The first-order valence-electron chi connectivity index (χ1n) is 4.59. The van der Waals surface area contributed by atoms with Crippen LogP contribution in [0.25, 0.3) is 0 Å². The molecule has 2 heteroatoms. The molecule has 1 atom stereocenters. The van der Waals surface area contributed by atoms with Crippen LogP contribution in [0.4, 0.5) is 0 Å². The summed E-state index contributed by atoms with van der Waals surface area (Å²) in [4.78, 5) is 11.2. The minimum Gasteiger partial charge on any atom is -0.457 e. The Balaban J connectivity index is 2.23. The smallest absolute Gasteiger partial charge is 0.338 e. The molecule has 0 amide bonds. The van der Waals surface area contributed by atoms with Crippen LogP contribution in [0.1, 0.15) is 39.9 Å². The van der Waals surface area contributed by atoms with Gasteiger partial charge in [0.05, 0.1) is 5.56 Å². The highest BCUT2D eigenvalue weighted by atomic mass is 16.5. The highest BCUT2D eigenvalue weighted by Gasteiger charge is 2.31. The van der Waals surface area contributed by atoms with Gasteiger partial charge in [-0.1, -0.05) is 13.0 Å². The summed E-state index contributed by atoms with van der Waals surface area (Å²) < 4.78 is 4.99. The first-order valence-corrected chi connectivity index (χ1v) is 4.59. The lowest BCUT2D eigenvalue weighted by molar-refractivity contribution is 0.0534. The Morgan fingerprint density at radius 2 is 2.23 bits per heavy atom. The molecule has 1 heterocycles. The second-order valence-corrected chi connectivity index (χ2v) is 3.84. The van der Waals surface area contributed by atoms with Crippen LogP contribution in [0.3, 0.4) is 0 Å². The number of hydrogen-bond donors (Lipinski definition) is 0. The van der Waals surface area contributed by atoms with Crippen molar-refractivity contribution >= 4 is 5.97 Å². The molecule has 2 aliphatic rings. The Labute approximate surface area is 76.5 Å². The van der Waals surface area contributed by atoms with E-state index in [4.69, 9.17) is 4.74 Å². The van der Waals surface area contributed by atoms with E-state index in [0.29, 0.717) is 12.5 Å². The monoisotopic (exact) mass is 174 g/mol. The number of ether oxygens (including phenoxy) is 1. The maximum Gasteiger partial charge on any atom is 0.338 e. The van der Waals surface area contributed by atoms with E-state index in [-0.39, 0.29) is 5.97 Å². The molecule has 66 valence electrons. The zero-order valence-electron chi connectivity index (χ0n) is 7.46. The molecule has 1 aliphatic carbocycles. The van der Waals surface area contributed by atoms with Crippen molar-refractivity contribution in [2.45, 2.75) is 25.9 Å². The molecular formula is C11H10O2. The number of rotatable bonds is 0. The minimum absolute atomic E-state index is 0.155. The van der Waals surface area contributed by atoms with Crippen molar-refractivity contribution < 1.29 is 9.53 Å². The predicted molar refractivity (Wildman–Crippen MR) is 47.7 cm³/mol. The lowest BCUT2D eigenvalue weighted by atomic mass is 9.75. The average molecular weight is 174 g/mol. The summed E-state index contributed by atoms with van der Waals surface area (Å²) in [5.74, 6) is 0.508. The largest absolute Gasteiger partial charge is 0.457 e. The van der Waals surface area contributed by atoms with Gasteiger partial charge in [-0.15, -0.1) is 0 Å². The fourth-order valence-corrected chi connectivity index (χ4v) is 2.27. The first kappa shape index (κ1) is 7.13. The Morgan fingerprint density at radius 3 is 3.00 bits per heavy atom. The third-order valence-corrected chi connectivity index (χ3v) is 3.08. The Morgan fingerprint density at radius 1 is 1.38 bits per heavy atom. The van der Waals surface area contributed by atoms with Crippen molar-refractivity contribution in [2.24, 2.45) is 0 Å². The maximum absolute atomic E-state index is 11.2. The third-order valence-electron chi connectivity index (χ3n) is 3.08. The van der Waals surface area contributed by atoms with Crippen molar-refractivity contribution in [2.75, 3.05) is 0 Å². The normalized spacial score (nSPS) is 23.2. The van der Waals surface area contributed by atoms with Gasteiger partial charge in [0.25, 0.3) is 0 Å². The van der Waals surface area contributed by atoms with Gasteiger partial charge in [-0.05, 0) is 29.5 Å². The van der Waals surface area contributed by atoms with Gasteiger partial charge in [-0.3, -0.25) is 0 Å². The second-order valence-electron chi connectivity index (χ2n) is 3.84. The van der Waals surface area contributed by atoms with Gasteiger partial charge in [0.2, 0.25) is 0 Å². The zero-order valence-corrected chi connectivity index (χ0v) is 7.46. The summed E-state index contributed by atoms with van der Waals surface area (Å²) in [5, 5.41) is 0. The summed E-state index contributed by atoms with van der Waals surface area (Å²) in [6.45, 7) is 2.70. The molecule has 0 fully saturated rings. The van der Waals surface area contributed by atoms with Crippen LogP contribution in [0, 0.1) is 0 Å². The van der Waals surface area contributed by atoms with Crippen molar-refractivity contribution in [1.82, 2.24) is 0 Å². The molecule has 0 N–H and O–H groups in total. The van der Waals surface area contributed by atoms with Crippen LogP contribution in [0.2, 0.25) is 0 Å². The molecule has 0 aromatic heterocycles. The first-order chi connectivity index (χ1) is 6.27. The number of hydrogen-bond acceptors (Lipinski definition) is 2. The molecule has 13 heavy (non-hydrogen) atoms. The summed E-state index contributed by atoms with van der Waals surface area (Å²) in [7, 11) is 0. The van der Waals surface area contributed by atoms with Crippen LogP contribution in [0.15, 0.2) is 12.1 Å². The number of carbonyl (C=O) groups excluding carboxylic acids is 1. The van der Waals surface area contributed by atoms with E-state index in [2.05, 4.69) is 13.0 Å². The van der Waals surface area contributed by atoms with Gasteiger partial charge in [0.15, 0.2) is 0 Å². The van der Waals surface area contributed by atoms with Crippen LogP contribution in [-0.4, -0.2) is 5.97 Å². The Kier molecular flexibility index (Phi) is 1.17. The van der Waals surface area contributed by atoms with Gasteiger partial charge in [-0.25, -0.2) is 4.79 Å². The van der Waals surface area contributed by atoms with E-state index >= 15 is 0 Å². The van der Waals surface area contributed by atoms with Gasteiger partial charge in [-0.2, -0.15) is 0 Å². The van der Waals surface area contributed by atoms with Gasteiger partial charge < -0.3 is 4.74 Å². The molecule has 0 spiro atoms. The fraction of sp³-hybridized carbons (Fsp3) is 0.364. The summed E-state index contributed by atoms with van der Waals surface area (Å²) in [6.07, 6.45) is 1.11. The third kappa shape index (κ3) is 0.755. The molecule has 1 aromatic carbocycles. The molecule has 1 aromatic rings. The molecule has 0 saturated heterocycles. The zero-order chi connectivity index (χ0) is 9.00. The van der Waals surface area contributed by atoms with Gasteiger partial charge in [0, 0.05) is 5.56 Å². The summed E-state index contributed by atoms with van der Waals surface area (Å²) >= 11 is 0. The van der Waals surface area contributed by atoms with E-state index < -0.39 is 0 Å². The van der Waals surface area contributed by atoms with Gasteiger partial charge >= 0.3 is 5.97 Å². The van der Waals surface area contributed by atoms with Crippen LogP contribution < -0.4 is 0 Å². The number of carbonyl (C=O) groups is 1. The molecular weight excluding hydrogens is 164 g/mol. The number of esters is 1. The lowest BCUT2D eigenvalue weighted by Gasteiger charge is -2.28. The molecule has 0 unspecified atom stereocenters. The maximum atomic E-state index is 11.2. The van der Waals surface area contributed by atoms with Crippen LogP contribution >= 0.6 is 0 Å². The standard InChI is InChI=1S/C11H10O2/c1-6-4-9-7(6)2-3-8-10(9)5-13-11(8)12/h2-3,6H,4-5H2,1H3/t6-/m1/s1. The highest BCUT2D eigenvalue weighted by Crippen LogP contribution is 2.40. The van der Waals surface area contributed by atoms with E-state index in [0.717, 1.165) is 17.5 Å². The Hall–Kier alpha value is -1.31. The van der Waals surface area contributed by atoms with E-state index in [1.807, 2.05) is 6.07 Å². The molecule has 3 rings (SSSR count). The fourth-order valence-electron chi connectivity index (χ4n) is 2.27. The van der Waals surface area contributed by atoms with Crippen molar-refractivity contribution in [3.8, 4) is 0 Å². The summed E-state index contributed by atoms with van der Waals surface area (Å²) in [6, 6.07) is 3.97. The number of cyclic esters (lactones) is 1. The van der Waals surface area contributed by atoms with Crippen molar-refractivity contribution in [3.05, 3.63) is 34.4 Å². The second kappa shape index (κ2) is 2.13. The topological polar surface area (TPSA) is 26.3 Å².